The van der Waals surface area contributed by atoms with E-state index < -0.39 is 66.8 Å². The number of nitriles is 1. The molecule has 0 unspecified atom stereocenters. The number of halogens is 6. The molecule has 5 rings (SSSR count). The second-order valence-corrected chi connectivity index (χ2v) is 11.4. The predicted octanol–water partition coefficient (Wildman–Crippen LogP) is 6.11. The number of carbonyl (C=O) groups excluding carboxylic acids is 3. The van der Waals surface area contributed by atoms with E-state index in [2.05, 4.69) is 10.3 Å². The fourth-order valence-electron chi connectivity index (χ4n) is 5.48. The van der Waals surface area contributed by atoms with Crippen LogP contribution in [0.2, 0.25) is 10.0 Å². The molecule has 1 saturated heterocycles. The zero-order chi connectivity index (χ0) is 31.8. The van der Waals surface area contributed by atoms with Crippen LogP contribution in [-0.4, -0.2) is 40.7 Å². The van der Waals surface area contributed by atoms with Crippen LogP contribution < -0.4 is 15.1 Å². The van der Waals surface area contributed by atoms with Crippen LogP contribution in [-0.2, 0) is 14.4 Å². The van der Waals surface area contributed by atoms with Crippen molar-refractivity contribution in [1.29, 1.82) is 5.26 Å². The number of nitrogens with one attached hydrogen (secondary N) is 1. The highest BCUT2D eigenvalue weighted by molar-refractivity contribution is 6.36. The molecule has 0 bridgehead atoms. The first kappa shape index (κ1) is 31.2. The number of hydrogen-bond donors (Lipinski definition) is 1. The molecule has 2 aliphatic rings. The van der Waals surface area contributed by atoms with Gasteiger partial charge in [0.15, 0.2) is 0 Å². The van der Waals surface area contributed by atoms with Gasteiger partial charge in [0.2, 0.25) is 17.7 Å². The Bertz CT molecular complexity index is 1640. The quantitative estimate of drug-likeness (QED) is 0.297. The molecule has 14 heteroatoms. The largest absolute Gasteiger partial charge is 0.351 e. The van der Waals surface area contributed by atoms with E-state index in [-0.39, 0.29) is 51.4 Å². The fourth-order valence-corrected chi connectivity index (χ4v) is 6.08. The summed E-state index contributed by atoms with van der Waals surface area (Å²) in [6, 6.07) is 7.78. The molecule has 8 nitrogen and oxygen atoms in total. The number of nitrogens with zero attached hydrogens (tertiary/aromatic N) is 4. The Kier molecular flexibility index (Phi) is 8.81. The summed E-state index contributed by atoms with van der Waals surface area (Å²) in [5, 5.41) is 11.6. The monoisotopic (exact) mass is 647 g/mol. The van der Waals surface area contributed by atoms with Crippen molar-refractivity contribution in [1.82, 2.24) is 10.3 Å². The molecule has 1 aromatic heterocycles. The number of hydrogen-bond acceptors (Lipinski definition) is 5. The number of rotatable bonds is 8. The smallest absolute Gasteiger partial charge is 0.252 e. The SMILES string of the molecule is N#Cc1ccnc(N2C(=O)CC[C@H]2CC(=O)N(c2cc(F)cc(F)c2)[C@H](C(=O)NC2CC(F)(F)C2)c2c(Cl)cccc2Cl)c1. The maximum Gasteiger partial charge on any atom is 0.252 e. The van der Waals surface area contributed by atoms with Crippen LogP contribution in [0.5, 0.6) is 0 Å². The normalized spacial score (nSPS) is 18.3. The molecule has 44 heavy (non-hydrogen) atoms. The lowest BCUT2D eigenvalue weighted by atomic mass is 9.87. The van der Waals surface area contributed by atoms with Gasteiger partial charge in [0.05, 0.1) is 17.3 Å². The van der Waals surface area contributed by atoms with Crippen molar-refractivity contribution in [2.24, 2.45) is 0 Å². The first-order chi connectivity index (χ1) is 20.9. The van der Waals surface area contributed by atoms with Crippen LogP contribution >= 0.6 is 23.2 Å². The number of alkyl halides is 2. The molecule has 0 radical (unpaired) electrons. The van der Waals surface area contributed by atoms with Crippen LogP contribution in [0.1, 0.15) is 49.3 Å². The van der Waals surface area contributed by atoms with Crippen molar-refractivity contribution in [2.75, 3.05) is 9.80 Å². The average Bonchev–Trinajstić information content (AvgIpc) is 3.30. The van der Waals surface area contributed by atoms with Crippen molar-refractivity contribution >= 4 is 52.4 Å². The van der Waals surface area contributed by atoms with Crippen molar-refractivity contribution in [3.8, 4) is 6.07 Å². The first-order valence-corrected chi connectivity index (χ1v) is 14.2. The predicted molar refractivity (Wildman–Crippen MR) is 153 cm³/mol. The standard InChI is InChI=1S/C30H23Cl2F4N5O3/c31-22-2-1-3-23(32)27(22)28(29(44)39-19-13-30(35,36)14-19)41(21-10-17(33)9-18(34)11-21)26(43)12-20-4-5-25(42)40(20)24-8-16(15-37)6-7-38-24/h1-3,6-11,19-20,28H,4-5,12-14H2,(H,39,44)/t20-,28-/m0/s1. The minimum Gasteiger partial charge on any atom is -0.351 e. The first-order valence-electron chi connectivity index (χ1n) is 13.5. The van der Waals surface area contributed by atoms with Crippen molar-refractivity contribution < 1.29 is 31.9 Å². The molecule has 2 atom stereocenters. The van der Waals surface area contributed by atoms with Gasteiger partial charge >= 0.3 is 0 Å². The molecule has 0 spiro atoms. The molecular weight excluding hydrogens is 625 g/mol. The van der Waals surface area contributed by atoms with Gasteiger partial charge in [0.25, 0.3) is 5.92 Å². The van der Waals surface area contributed by atoms with Crippen LogP contribution in [0, 0.1) is 23.0 Å². The molecule has 228 valence electrons. The van der Waals surface area contributed by atoms with E-state index >= 15 is 0 Å². The Balaban J connectivity index is 1.58. The number of aromatic nitrogens is 1. The minimum atomic E-state index is -2.98. The Labute approximate surface area is 259 Å². The van der Waals surface area contributed by atoms with Gasteiger partial charge in [0.1, 0.15) is 23.5 Å². The summed E-state index contributed by atoms with van der Waals surface area (Å²) < 4.78 is 56.3. The Morgan fingerprint density at radius 3 is 2.39 bits per heavy atom. The van der Waals surface area contributed by atoms with Gasteiger partial charge in [-0.1, -0.05) is 29.3 Å². The third-order valence-electron chi connectivity index (χ3n) is 7.47. The van der Waals surface area contributed by atoms with Gasteiger partial charge in [-0.25, -0.2) is 22.5 Å². The van der Waals surface area contributed by atoms with E-state index in [0.717, 1.165) is 17.0 Å². The second kappa shape index (κ2) is 12.4. The summed E-state index contributed by atoms with van der Waals surface area (Å²) >= 11 is 12.9. The fraction of sp³-hybridized carbons (Fsp3) is 0.300. The molecule has 1 N–H and O–H groups in total. The van der Waals surface area contributed by atoms with Gasteiger partial charge in [-0.2, -0.15) is 5.26 Å². The van der Waals surface area contributed by atoms with E-state index in [0.29, 0.717) is 6.07 Å². The van der Waals surface area contributed by atoms with Crippen LogP contribution in [0.3, 0.4) is 0 Å². The summed E-state index contributed by atoms with van der Waals surface area (Å²) in [5.41, 5.74) is -0.244. The maximum atomic E-state index is 14.5. The lowest BCUT2D eigenvalue weighted by molar-refractivity contribution is -0.133. The zero-order valence-corrected chi connectivity index (χ0v) is 24.3. The molecule has 1 aliphatic heterocycles. The molecule has 1 saturated carbocycles. The van der Waals surface area contributed by atoms with Gasteiger partial charge in [0, 0.05) is 65.6 Å². The topological polar surface area (TPSA) is 106 Å². The van der Waals surface area contributed by atoms with Gasteiger partial charge < -0.3 is 5.32 Å². The highest BCUT2D eigenvalue weighted by atomic mass is 35.5. The minimum absolute atomic E-state index is 0.0428. The molecule has 3 amide bonds. The molecule has 2 heterocycles. The maximum absolute atomic E-state index is 14.5. The van der Waals surface area contributed by atoms with Gasteiger partial charge in [-0.3, -0.25) is 24.2 Å². The number of pyridine rings is 1. The third-order valence-corrected chi connectivity index (χ3v) is 8.13. The van der Waals surface area contributed by atoms with Crippen LogP contribution in [0.25, 0.3) is 0 Å². The Morgan fingerprint density at radius 1 is 1.11 bits per heavy atom. The highest BCUT2D eigenvalue weighted by Crippen LogP contribution is 2.41. The average molecular weight is 648 g/mol. The van der Waals surface area contributed by atoms with E-state index in [9.17, 15) is 37.2 Å². The van der Waals surface area contributed by atoms with E-state index in [4.69, 9.17) is 23.2 Å². The lowest BCUT2D eigenvalue weighted by Gasteiger charge is -2.38. The lowest BCUT2D eigenvalue weighted by Crippen LogP contribution is -2.54. The molecule has 2 fully saturated rings. The molecule has 2 aromatic carbocycles. The van der Waals surface area contributed by atoms with Crippen LogP contribution in [0.4, 0.5) is 29.1 Å². The zero-order valence-electron chi connectivity index (χ0n) is 22.7. The molecular formula is C30H23Cl2F4N5O3. The second-order valence-electron chi connectivity index (χ2n) is 10.6. The Morgan fingerprint density at radius 2 is 1.77 bits per heavy atom. The Hall–Kier alpha value is -4.21. The summed E-state index contributed by atoms with van der Waals surface area (Å²) in [5.74, 6) is -7.16. The van der Waals surface area contributed by atoms with E-state index in [1.54, 1.807) is 0 Å². The third kappa shape index (κ3) is 6.49. The van der Waals surface area contributed by atoms with Crippen LogP contribution in [0.15, 0.2) is 54.7 Å². The van der Waals surface area contributed by atoms with E-state index in [1.165, 1.54) is 41.4 Å². The van der Waals surface area contributed by atoms with Crippen molar-refractivity contribution in [3.63, 3.8) is 0 Å². The summed E-state index contributed by atoms with van der Waals surface area (Å²) in [4.78, 5) is 47.2. The molecule has 1 aliphatic carbocycles. The van der Waals surface area contributed by atoms with Gasteiger partial charge in [-0.05, 0) is 42.8 Å². The summed E-state index contributed by atoms with van der Waals surface area (Å²) in [7, 11) is 0. The number of benzene rings is 2. The number of amides is 3. The van der Waals surface area contributed by atoms with E-state index in [1.807, 2.05) is 6.07 Å². The number of anilines is 2. The highest BCUT2D eigenvalue weighted by Gasteiger charge is 2.48. The van der Waals surface area contributed by atoms with Crippen molar-refractivity contribution in [2.45, 2.75) is 56.2 Å². The number of carbonyl (C=O) groups is 3. The summed E-state index contributed by atoms with van der Waals surface area (Å²) in [6.07, 6.45) is -0.160. The summed E-state index contributed by atoms with van der Waals surface area (Å²) in [6.45, 7) is 0. The van der Waals surface area contributed by atoms with Gasteiger partial charge in [-0.15, -0.1) is 0 Å². The van der Waals surface area contributed by atoms with Crippen molar-refractivity contribution in [3.05, 3.63) is 87.5 Å². The molecule has 3 aromatic rings.